The number of aryl methyl sites for hydroxylation is 1. The lowest BCUT2D eigenvalue weighted by molar-refractivity contribution is -0.387. The molecule has 144 valence electrons. The number of nitro groups is 1. The van der Waals surface area contributed by atoms with Crippen LogP contribution in [0.2, 0.25) is 0 Å². The molecule has 0 aliphatic carbocycles. The summed E-state index contributed by atoms with van der Waals surface area (Å²) in [6, 6.07) is 2.86. The van der Waals surface area contributed by atoms with Gasteiger partial charge in [0.25, 0.3) is 5.91 Å². The van der Waals surface area contributed by atoms with Crippen molar-refractivity contribution in [2.24, 2.45) is 0 Å². The van der Waals surface area contributed by atoms with Crippen LogP contribution in [-0.4, -0.2) is 33.5 Å². The Bertz CT molecular complexity index is 906. The standard InChI is InChI=1S/C17H18FN3O6/c1-8-15(10(3)22)9(2)19-16(8)17(24)27-7-14(23)20-11-4-5-12(18)13(6-11)21(25)26/h4-6,10,19,22H,7H2,1-3H3,(H,20,23)/t10-/m1/s1. The van der Waals surface area contributed by atoms with E-state index in [0.717, 1.165) is 18.2 Å². The smallest absolute Gasteiger partial charge is 0.355 e. The number of benzene rings is 1. The van der Waals surface area contributed by atoms with Crippen molar-refractivity contribution in [1.29, 1.82) is 0 Å². The molecule has 0 unspecified atom stereocenters. The number of nitro benzene ring substituents is 1. The molecule has 1 heterocycles. The second-order valence-electron chi connectivity index (χ2n) is 5.89. The number of esters is 1. The van der Waals surface area contributed by atoms with Crippen LogP contribution in [0, 0.1) is 29.8 Å². The number of hydrogen-bond acceptors (Lipinski definition) is 6. The molecular formula is C17H18FN3O6. The number of aromatic nitrogens is 1. The van der Waals surface area contributed by atoms with Crippen molar-refractivity contribution in [2.75, 3.05) is 11.9 Å². The lowest BCUT2D eigenvalue weighted by Crippen LogP contribution is -2.21. The van der Waals surface area contributed by atoms with Crippen LogP contribution in [-0.2, 0) is 9.53 Å². The van der Waals surface area contributed by atoms with Crippen molar-refractivity contribution >= 4 is 23.3 Å². The Morgan fingerprint density at radius 3 is 2.63 bits per heavy atom. The molecule has 0 radical (unpaired) electrons. The third kappa shape index (κ3) is 4.47. The van der Waals surface area contributed by atoms with E-state index >= 15 is 0 Å². The lowest BCUT2D eigenvalue weighted by atomic mass is 10.1. The van der Waals surface area contributed by atoms with E-state index in [9.17, 15) is 29.2 Å². The number of hydrogen-bond donors (Lipinski definition) is 3. The molecule has 0 saturated carbocycles. The summed E-state index contributed by atoms with van der Waals surface area (Å²) in [6.45, 7) is 4.25. The monoisotopic (exact) mass is 379 g/mol. The first-order valence-electron chi connectivity index (χ1n) is 7.89. The summed E-state index contributed by atoms with van der Waals surface area (Å²) in [4.78, 5) is 36.6. The number of aliphatic hydroxyl groups excluding tert-OH is 1. The van der Waals surface area contributed by atoms with Gasteiger partial charge < -0.3 is 20.1 Å². The summed E-state index contributed by atoms with van der Waals surface area (Å²) in [7, 11) is 0. The highest BCUT2D eigenvalue weighted by Gasteiger charge is 2.22. The van der Waals surface area contributed by atoms with Crippen molar-refractivity contribution < 1.29 is 28.7 Å². The summed E-state index contributed by atoms with van der Waals surface area (Å²) in [5, 5.41) is 22.7. The van der Waals surface area contributed by atoms with Gasteiger partial charge in [0.2, 0.25) is 5.82 Å². The highest BCUT2D eigenvalue weighted by molar-refractivity contribution is 5.95. The molecule has 0 bridgehead atoms. The highest BCUT2D eigenvalue weighted by atomic mass is 19.1. The third-order valence-corrected chi connectivity index (χ3v) is 3.88. The number of carbonyl (C=O) groups excluding carboxylic acids is 2. The molecule has 0 aliphatic rings. The van der Waals surface area contributed by atoms with Crippen LogP contribution in [0.3, 0.4) is 0 Å². The first kappa shape index (κ1) is 20.0. The molecule has 0 spiro atoms. The van der Waals surface area contributed by atoms with Gasteiger partial charge in [-0.1, -0.05) is 0 Å². The molecule has 2 aromatic rings. The molecule has 1 amide bonds. The molecule has 0 aliphatic heterocycles. The minimum Gasteiger partial charge on any atom is -0.451 e. The van der Waals surface area contributed by atoms with E-state index in [2.05, 4.69) is 10.3 Å². The van der Waals surface area contributed by atoms with E-state index in [0.29, 0.717) is 16.8 Å². The molecule has 0 fully saturated rings. The molecule has 1 atom stereocenters. The van der Waals surface area contributed by atoms with Crippen molar-refractivity contribution in [3.63, 3.8) is 0 Å². The second kappa shape index (κ2) is 7.96. The van der Waals surface area contributed by atoms with E-state index in [1.54, 1.807) is 20.8 Å². The van der Waals surface area contributed by atoms with Crippen LogP contribution in [0.15, 0.2) is 18.2 Å². The minimum atomic E-state index is -1.03. The third-order valence-electron chi connectivity index (χ3n) is 3.88. The maximum atomic E-state index is 13.3. The SMILES string of the molecule is Cc1[nH]c(C(=O)OCC(=O)Nc2ccc(F)c([N+](=O)[O-])c2)c(C)c1[C@@H](C)O. The molecule has 2 rings (SSSR count). The minimum absolute atomic E-state index is 0.00700. The molecule has 1 aromatic heterocycles. The Balaban J connectivity index is 2.02. The van der Waals surface area contributed by atoms with Crippen molar-refractivity contribution in [1.82, 2.24) is 4.98 Å². The number of nitrogens with one attached hydrogen (secondary N) is 2. The van der Waals surface area contributed by atoms with E-state index < -0.39 is 41.0 Å². The zero-order chi connectivity index (χ0) is 20.3. The van der Waals surface area contributed by atoms with Gasteiger partial charge in [0.05, 0.1) is 11.0 Å². The highest BCUT2D eigenvalue weighted by Crippen LogP contribution is 2.25. The maximum absolute atomic E-state index is 13.3. The fourth-order valence-corrected chi connectivity index (χ4v) is 2.73. The van der Waals surface area contributed by atoms with Gasteiger partial charge in [-0.2, -0.15) is 4.39 Å². The van der Waals surface area contributed by atoms with Gasteiger partial charge in [-0.25, -0.2) is 4.79 Å². The average Bonchev–Trinajstić information content (AvgIpc) is 2.88. The number of carbonyl (C=O) groups is 2. The first-order chi connectivity index (χ1) is 12.6. The zero-order valence-electron chi connectivity index (χ0n) is 14.8. The molecule has 1 aromatic carbocycles. The van der Waals surface area contributed by atoms with Crippen molar-refractivity contribution in [3.8, 4) is 0 Å². The quantitative estimate of drug-likeness (QED) is 0.401. The second-order valence-corrected chi connectivity index (χ2v) is 5.89. The predicted molar refractivity (Wildman–Crippen MR) is 92.9 cm³/mol. The average molecular weight is 379 g/mol. The van der Waals surface area contributed by atoms with Crippen LogP contribution < -0.4 is 5.32 Å². The number of rotatable bonds is 6. The summed E-state index contributed by atoms with van der Waals surface area (Å²) < 4.78 is 18.2. The normalized spacial score (nSPS) is 11.7. The fraction of sp³-hybridized carbons (Fsp3) is 0.294. The zero-order valence-corrected chi connectivity index (χ0v) is 14.8. The summed E-state index contributed by atoms with van der Waals surface area (Å²) in [5.74, 6) is -2.57. The van der Waals surface area contributed by atoms with Gasteiger partial charge in [0.15, 0.2) is 6.61 Å². The summed E-state index contributed by atoms with van der Waals surface area (Å²) in [5.41, 5.74) is 1.03. The number of H-pyrrole nitrogens is 1. The van der Waals surface area contributed by atoms with Gasteiger partial charge in [0.1, 0.15) is 5.69 Å². The topological polar surface area (TPSA) is 135 Å². The predicted octanol–water partition coefficient (Wildman–Crippen LogP) is 2.53. The number of aromatic amines is 1. The number of nitrogens with zero attached hydrogens (tertiary/aromatic N) is 1. The molecule has 27 heavy (non-hydrogen) atoms. The van der Waals surface area contributed by atoms with Gasteiger partial charge in [0, 0.05) is 23.0 Å². The number of ether oxygens (including phenoxy) is 1. The summed E-state index contributed by atoms with van der Waals surface area (Å²) >= 11 is 0. The van der Waals surface area contributed by atoms with E-state index in [1.165, 1.54) is 0 Å². The van der Waals surface area contributed by atoms with Crippen LogP contribution in [0.5, 0.6) is 0 Å². The number of anilines is 1. The van der Waals surface area contributed by atoms with Gasteiger partial charge in [-0.15, -0.1) is 0 Å². The number of halogens is 1. The molecule has 3 N–H and O–H groups in total. The van der Waals surface area contributed by atoms with Crippen LogP contribution in [0.1, 0.15) is 40.3 Å². The van der Waals surface area contributed by atoms with Crippen LogP contribution in [0.4, 0.5) is 15.8 Å². The van der Waals surface area contributed by atoms with E-state index in [-0.39, 0.29) is 11.4 Å². The summed E-state index contributed by atoms with van der Waals surface area (Å²) in [6.07, 6.45) is -0.777. The van der Waals surface area contributed by atoms with Gasteiger partial charge >= 0.3 is 11.7 Å². The Hall–Kier alpha value is -3.27. The largest absolute Gasteiger partial charge is 0.451 e. The fourth-order valence-electron chi connectivity index (χ4n) is 2.73. The molecule has 0 saturated heterocycles. The van der Waals surface area contributed by atoms with E-state index in [4.69, 9.17) is 4.74 Å². The van der Waals surface area contributed by atoms with Crippen molar-refractivity contribution in [3.05, 3.63) is 56.6 Å². The molecule has 9 nitrogen and oxygen atoms in total. The molecule has 10 heteroatoms. The van der Waals surface area contributed by atoms with Crippen molar-refractivity contribution in [2.45, 2.75) is 26.9 Å². The van der Waals surface area contributed by atoms with Gasteiger partial charge in [-0.05, 0) is 38.5 Å². The van der Waals surface area contributed by atoms with Gasteiger partial charge in [-0.3, -0.25) is 14.9 Å². The lowest BCUT2D eigenvalue weighted by Gasteiger charge is -2.07. The Morgan fingerprint density at radius 2 is 2.07 bits per heavy atom. The number of amides is 1. The van der Waals surface area contributed by atoms with Crippen LogP contribution >= 0.6 is 0 Å². The maximum Gasteiger partial charge on any atom is 0.355 e. The Labute approximate surface area is 153 Å². The molecular weight excluding hydrogens is 361 g/mol. The van der Waals surface area contributed by atoms with E-state index in [1.807, 2.05) is 0 Å². The first-order valence-corrected chi connectivity index (χ1v) is 7.89. The van der Waals surface area contributed by atoms with Crippen LogP contribution in [0.25, 0.3) is 0 Å². The Kier molecular flexibility index (Phi) is 5.91. The Morgan fingerprint density at radius 1 is 1.41 bits per heavy atom. The number of aliphatic hydroxyl groups is 1.